The molecule has 32 heavy (non-hydrogen) atoms. The van der Waals surface area contributed by atoms with Gasteiger partial charge in [0, 0.05) is 54.4 Å². The van der Waals surface area contributed by atoms with Gasteiger partial charge in [0.1, 0.15) is 0 Å². The lowest BCUT2D eigenvalue weighted by molar-refractivity contribution is 0.158. The third-order valence-corrected chi connectivity index (χ3v) is 6.71. The van der Waals surface area contributed by atoms with Gasteiger partial charge in [0.05, 0.1) is 17.8 Å². The molecule has 0 aliphatic carbocycles. The number of hydrogen-bond acceptors (Lipinski definition) is 3. The van der Waals surface area contributed by atoms with E-state index in [0.717, 1.165) is 42.0 Å². The predicted molar refractivity (Wildman–Crippen MR) is 130 cm³/mol. The van der Waals surface area contributed by atoms with Crippen LogP contribution in [0.15, 0.2) is 71.8 Å². The molecular weight excluding hydrogens is 422 g/mol. The van der Waals surface area contributed by atoms with Crippen molar-refractivity contribution in [3.05, 3.63) is 87.9 Å². The molecule has 0 radical (unpaired) electrons. The summed E-state index contributed by atoms with van der Waals surface area (Å²) in [6, 6.07) is 17.2. The molecule has 2 aromatic heterocycles. The standard InChI is InChI=1S/C26H26ClN3O2/c1-2-28-15-20(16-28)24-17-29(11-12-31)25-14-22(7-8-23(24)25)30-10-9-19(13-26(30)32)18-3-5-21(27)6-4-18/h3-10,13-14,17,20,31H,2,11-12,15-16H2,1H3. The molecule has 0 unspecified atom stereocenters. The quantitative estimate of drug-likeness (QED) is 0.472. The van der Waals surface area contributed by atoms with E-state index in [1.54, 1.807) is 10.6 Å². The molecule has 0 amide bonds. The molecule has 5 nitrogen and oxygen atoms in total. The Morgan fingerprint density at radius 2 is 1.81 bits per heavy atom. The second kappa shape index (κ2) is 8.58. The number of rotatable bonds is 6. The zero-order valence-corrected chi connectivity index (χ0v) is 18.8. The third kappa shape index (κ3) is 3.77. The van der Waals surface area contributed by atoms with Crippen LogP contribution >= 0.6 is 11.6 Å². The lowest BCUT2D eigenvalue weighted by Gasteiger charge is -2.38. The number of likely N-dealkylation sites (tertiary alicyclic amines) is 1. The van der Waals surface area contributed by atoms with E-state index in [0.29, 0.717) is 17.5 Å². The summed E-state index contributed by atoms with van der Waals surface area (Å²) in [6.07, 6.45) is 3.99. The predicted octanol–water partition coefficient (Wildman–Crippen LogP) is 4.52. The van der Waals surface area contributed by atoms with Crippen LogP contribution in [0.1, 0.15) is 18.4 Å². The van der Waals surface area contributed by atoms with Gasteiger partial charge in [-0.15, -0.1) is 0 Å². The van der Waals surface area contributed by atoms with E-state index in [4.69, 9.17) is 11.6 Å². The van der Waals surface area contributed by atoms with Crippen molar-refractivity contribution < 1.29 is 5.11 Å². The maximum atomic E-state index is 13.0. The fourth-order valence-electron chi connectivity index (χ4n) is 4.62. The minimum absolute atomic E-state index is 0.0783. The van der Waals surface area contributed by atoms with E-state index >= 15 is 0 Å². The highest BCUT2D eigenvalue weighted by molar-refractivity contribution is 6.30. The molecule has 1 saturated heterocycles. The molecule has 0 spiro atoms. The molecule has 1 fully saturated rings. The summed E-state index contributed by atoms with van der Waals surface area (Å²) in [7, 11) is 0. The van der Waals surface area contributed by atoms with Crippen molar-refractivity contribution in [2.75, 3.05) is 26.2 Å². The Hall–Kier alpha value is -2.86. The highest BCUT2D eigenvalue weighted by atomic mass is 35.5. The molecule has 3 heterocycles. The summed E-state index contributed by atoms with van der Waals surface area (Å²) in [5.41, 5.74) is 4.93. The van der Waals surface area contributed by atoms with Crippen LogP contribution in [0.5, 0.6) is 0 Å². The topological polar surface area (TPSA) is 50.4 Å². The largest absolute Gasteiger partial charge is 0.395 e. The maximum absolute atomic E-state index is 13.0. The first kappa shape index (κ1) is 21.0. The molecule has 1 N–H and O–H groups in total. The van der Waals surface area contributed by atoms with E-state index in [1.165, 1.54) is 10.9 Å². The number of aromatic nitrogens is 2. The van der Waals surface area contributed by atoms with Crippen LogP contribution in [0.3, 0.4) is 0 Å². The monoisotopic (exact) mass is 447 g/mol. The zero-order chi connectivity index (χ0) is 22.2. The molecule has 0 saturated carbocycles. The van der Waals surface area contributed by atoms with Crippen molar-refractivity contribution in [1.82, 2.24) is 14.0 Å². The Morgan fingerprint density at radius 1 is 1.03 bits per heavy atom. The molecular formula is C26H26ClN3O2. The molecule has 6 heteroatoms. The SMILES string of the molecule is CCN1CC(c2cn(CCO)c3cc(-n4ccc(-c5ccc(Cl)cc5)cc4=O)ccc23)C1. The Kier molecular flexibility index (Phi) is 5.64. The van der Waals surface area contributed by atoms with Gasteiger partial charge in [-0.05, 0) is 53.6 Å². The average molecular weight is 448 g/mol. The van der Waals surface area contributed by atoms with Gasteiger partial charge in [0.2, 0.25) is 0 Å². The number of aliphatic hydroxyl groups excluding tert-OH is 1. The van der Waals surface area contributed by atoms with E-state index < -0.39 is 0 Å². The second-order valence-electron chi connectivity index (χ2n) is 8.38. The normalized spacial score (nSPS) is 14.7. The first-order chi connectivity index (χ1) is 15.6. The summed E-state index contributed by atoms with van der Waals surface area (Å²) in [6.45, 7) is 6.02. The second-order valence-corrected chi connectivity index (χ2v) is 8.82. The summed E-state index contributed by atoms with van der Waals surface area (Å²) in [4.78, 5) is 15.4. The first-order valence-electron chi connectivity index (χ1n) is 11.0. The zero-order valence-electron chi connectivity index (χ0n) is 18.0. The van der Waals surface area contributed by atoms with Crippen LogP contribution in [0, 0.1) is 0 Å². The maximum Gasteiger partial charge on any atom is 0.255 e. The summed E-state index contributed by atoms with van der Waals surface area (Å²) >= 11 is 5.98. The van der Waals surface area contributed by atoms with Gasteiger partial charge in [-0.2, -0.15) is 0 Å². The van der Waals surface area contributed by atoms with E-state index in [2.05, 4.69) is 28.7 Å². The number of hydrogen-bond donors (Lipinski definition) is 1. The number of pyridine rings is 1. The highest BCUT2D eigenvalue weighted by Gasteiger charge is 2.29. The summed E-state index contributed by atoms with van der Waals surface area (Å²) in [5.74, 6) is 0.518. The molecule has 164 valence electrons. The summed E-state index contributed by atoms with van der Waals surface area (Å²) < 4.78 is 3.77. The molecule has 5 rings (SSSR count). The number of benzene rings is 2. The van der Waals surface area contributed by atoms with Gasteiger partial charge in [-0.3, -0.25) is 9.36 Å². The van der Waals surface area contributed by atoms with Crippen molar-refractivity contribution >= 4 is 22.5 Å². The Bertz CT molecular complexity index is 1320. The van der Waals surface area contributed by atoms with Gasteiger partial charge >= 0.3 is 0 Å². The minimum atomic E-state index is -0.0881. The van der Waals surface area contributed by atoms with Crippen molar-refractivity contribution in [3.63, 3.8) is 0 Å². The van der Waals surface area contributed by atoms with Crippen LogP contribution in [-0.2, 0) is 6.54 Å². The first-order valence-corrected chi connectivity index (χ1v) is 11.4. The third-order valence-electron chi connectivity index (χ3n) is 6.46. The van der Waals surface area contributed by atoms with Gasteiger partial charge in [-0.25, -0.2) is 0 Å². The van der Waals surface area contributed by atoms with Crippen LogP contribution < -0.4 is 5.56 Å². The summed E-state index contributed by atoms with van der Waals surface area (Å²) in [5, 5.41) is 11.4. The molecule has 0 bridgehead atoms. The van der Waals surface area contributed by atoms with Crippen LogP contribution in [0.25, 0.3) is 27.7 Å². The van der Waals surface area contributed by atoms with Crippen molar-refractivity contribution in [2.24, 2.45) is 0 Å². The fourth-order valence-corrected chi connectivity index (χ4v) is 4.74. The Balaban J connectivity index is 1.52. The molecule has 2 aromatic carbocycles. The lowest BCUT2D eigenvalue weighted by Crippen LogP contribution is -2.44. The van der Waals surface area contributed by atoms with E-state index in [1.807, 2.05) is 48.7 Å². The molecule has 4 aromatic rings. The number of likely N-dealkylation sites (N-methyl/N-ethyl adjacent to an activating group) is 1. The van der Waals surface area contributed by atoms with Crippen molar-refractivity contribution in [3.8, 4) is 16.8 Å². The Labute approximate surface area is 192 Å². The smallest absolute Gasteiger partial charge is 0.255 e. The van der Waals surface area contributed by atoms with Crippen LogP contribution in [0.2, 0.25) is 5.02 Å². The van der Waals surface area contributed by atoms with Gasteiger partial charge in [0.15, 0.2) is 0 Å². The fraction of sp³-hybridized carbons (Fsp3) is 0.269. The number of halogens is 1. The number of fused-ring (bicyclic) bond motifs is 1. The minimum Gasteiger partial charge on any atom is -0.395 e. The van der Waals surface area contributed by atoms with E-state index in [-0.39, 0.29) is 12.2 Å². The molecule has 0 atom stereocenters. The number of aliphatic hydroxyl groups is 1. The highest BCUT2D eigenvalue weighted by Crippen LogP contribution is 2.34. The van der Waals surface area contributed by atoms with Gasteiger partial charge in [-0.1, -0.05) is 36.7 Å². The average Bonchev–Trinajstić information content (AvgIpc) is 3.11. The Morgan fingerprint density at radius 3 is 2.50 bits per heavy atom. The van der Waals surface area contributed by atoms with Crippen molar-refractivity contribution in [2.45, 2.75) is 19.4 Å². The van der Waals surface area contributed by atoms with E-state index in [9.17, 15) is 9.90 Å². The van der Waals surface area contributed by atoms with Gasteiger partial charge in [0.25, 0.3) is 5.56 Å². The van der Waals surface area contributed by atoms with Gasteiger partial charge < -0.3 is 14.6 Å². The van der Waals surface area contributed by atoms with Crippen LogP contribution in [-0.4, -0.2) is 45.4 Å². The lowest BCUT2D eigenvalue weighted by atomic mass is 9.91. The molecule has 1 aliphatic heterocycles. The van der Waals surface area contributed by atoms with Crippen LogP contribution in [0.4, 0.5) is 0 Å². The van der Waals surface area contributed by atoms with Crippen molar-refractivity contribution in [1.29, 1.82) is 0 Å². The number of nitrogens with zero attached hydrogens (tertiary/aromatic N) is 3. The molecule has 1 aliphatic rings.